The number of alkyl halides is 2. The van der Waals surface area contributed by atoms with Gasteiger partial charge >= 0.3 is 0 Å². The molecule has 1 fully saturated rings. The molecular formula is C11H12Br2. The van der Waals surface area contributed by atoms with Gasteiger partial charge in [0.1, 0.15) is 0 Å². The summed E-state index contributed by atoms with van der Waals surface area (Å²) in [6.07, 6.45) is 0. The fraction of sp³-hybridized carbons (Fsp3) is 0.455. The quantitative estimate of drug-likeness (QED) is 0.686. The molecule has 0 amide bonds. The number of hydrogen-bond acceptors (Lipinski definition) is 0. The highest BCUT2D eigenvalue weighted by Crippen LogP contribution is 2.71. The van der Waals surface area contributed by atoms with Gasteiger partial charge in [0.15, 0.2) is 0 Å². The molecule has 0 aliphatic heterocycles. The number of rotatable bonds is 1. The lowest BCUT2D eigenvalue weighted by atomic mass is 9.96. The number of halogens is 2. The summed E-state index contributed by atoms with van der Waals surface area (Å²) in [6.45, 7) is 4.55. The Morgan fingerprint density at radius 3 is 2.00 bits per heavy atom. The molecule has 0 bridgehead atoms. The van der Waals surface area contributed by atoms with E-state index in [2.05, 4.69) is 76.0 Å². The summed E-state index contributed by atoms with van der Waals surface area (Å²) < 4.78 is 0.0916. The van der Waals surface area contributed by atoms with Gasteiger partial charge in [0.05, 0.1) is 3.23 Å². The predicted octanol–water partition coefficient (Wildman–Crippen LogP) is 4.08. The maximum atomic E-state index is 3.73. The Kier molecular flexibility index (Phi) is 2.12. The van der Waals surface area contributed by atoms with E-state index in [1.807, 2.05) is 0 Å². The average molecular weight is 304 g/mol. The monoisotopic (exact) mass is 302 g/mol. The largest absolute Gasteiger partial charge is 0.0936 e. The Morgan fingerprint density at radius 1 is 1.15 bits per heavy atom. The van der Waals surface area contributed by atoms with Crippen molar-refractivity contribution in [3.8, 4) is 0 Å². The van der Waals surface area contributed by atoms with Crippen LogP contribution in [0.25, 0.3) is 0 Å². The van der Waals surface area contributed by atoms with Crippen LogP contribution >= 0.6 is 31.9 Å². The predicted molar refractivity (Wildman–Crippen MR) is 63.5 cm³/mol. The van der Waals surface area contributed by atoms with Crippen LogP contribution in [0.5, 0.6) is 0 Å². The molecule has 0 spiro atoms. The normalized spacial score (nSPS) is 35.8. The van der Waals surface area contributed by atoms with Crippen LogP contribution in [0.4, 0.5) is 0 Å². The number of benzene rings is 1. The molecule has 1 aliphatic carbocycles. The molecule has 70 valence electrons. The fourth-order valence-corrected chi connectivity index (χ4v) is 3.79. The van der Waals surface area contributed by atoms with Crippen LogP contribution in [0.15, 0.2) is 30.3 Å². The second-order valence-electron chi connectivity index (χ2n) is 3.91. The van der Waals surface area contributed by atoms with E-state index in [1.54, 1.807) is 0 Å². The first-order chi connectivity index (χ1) is 6.01. The molecule has 2 atom stereocenters. The van der Waals surface area contributed by atoms with E-state index in [4.69, 9.17) is 0 Å². The lowest BCUT2D eigenvalue weighted by Crippen LogP contribution is -2.08. The second-order valence-corrected chi connectivity index (χ2v) is 7.48. The van der Waals surface area contributed by atoms with E-state index >= 15 is 0 Å². The maximum absolute atomic E-state index is 3.73. The van der Waals surface area contributed by atoms with Crippen LogP contribution in [0.1, 0.15) is 19.4 Å². The molecule has 0 aromatic heterocycles. The first-order valence-electron chi connectivity index (χ1n) is 4.44. The smallest absolute Gasteiger partial charge is 0.0714 e. The zero-order chi connectivity index (χ0) is 9.69. The molecule has 0 nitrogen and oxygen atoms in total. The molecule has 1 aromatic carbocycles. The molecule has 13 heavy (non-hydrogen) atoms. The van der Waals surface area contributed by atoms with Gasteiger partial charge in [0.2, 0.25) is 0 Å². The third kappa shape index (κ3) is 1.15. The van der Waals surface area contributed by atoms with Crippen molar-refractivity contribution in [1.82, 2.24) is 0 Å². The highest BCUT2D eigenvalue weighted by atomic mass is 79.9. The van der Waals surface area contributed by atoms with Gasteiger partial charge < -0.3 is 0 Å². The summed E-state index contributed by atoms with van der Waals surface area (Å²) in [4.78, 5) is 0. The minimum absolute atomic E-state index is 0.0916. The summed E-state index contributed by atoms with van der Waals surface area (Å²) in [5.74, 6) is 0.627. The van der Waals surface area contributed by atoms with Gasteiger partial charge in [-0.15, -0.1) is 0 Å². The Labute approximate surface area is 96.0 Å². The summed E-state index contributed by atoms with van der Waals surface area (Å²) in [7, 11) is 0. The number of hydrogen-bond donors (Lipinski definition) is 0. The molecule has 0 radical (unpaired) electrons. The summed E-state index contributed by atoms with van der Waals surface area (Å²) in [5.41, 5.74) is 1.63. The van der Waals surface area contributed by atoms with E-state index in [1.165, 1.54) is 5.56 Å². The highest BCUT2D eigenvalue weighted by molar-refractivity contribution is 9.25. The van der Waals surface area contributed by atoms with Gasteiger partial charge in [-0.1, -0.05) is 76.0 Å². The van der Waals surface area contributed by atoms with E-state index in [0.717, 1.165) is 0 Å². The lowest BCUT2D eigenvalue weighted by Gasteiger charge is -2.12. The van der Waals surface area contributed by atoms with E-state index in [9.17, 15) is 0 Å². The molecule has 1 aliphatic rings. The van der Waals surface area contributed by atoms with Crippen molar-refractivity contribution in [2.75, 3.05) is 0 Å². The Hall–Kier alpha value is 0.180. The van der Waals surface area contributed by atoms with Crippen molar-refractivity contribution < 1.29 is 0 Å². The zero-order valence-electron chi connectivity index (χ0n) is 7.72. The summed E-state index contributed by atoms with van der Waals surface area (Å²) >= 11 is 7.46. The molecular weight excluding hydrogens is 292 g/mol. The molecule has 0 saturated heterocycles. The van der Waals surface area contributed by atoms with Crippen molar-refractivity contribution in [2.24, 2.45) is 5.92 Å². The van der Waals surface area contributed by atoms with Crippen molar-refractivity contribution in [3.63, 3.8) is 0 Å². The first kappa shape index (κ1) is 9.72. The highest BCUT2D eigenvalue weighted by Gasteiger charge is 2.69. The zero-order valence-corrected chi connectivity index (χ0v) is 10.9. The van der Waals surface area contributed by atoms with Gasteiger partial charge in [-0.25, -0.2) is 0 Å². The first-order valence-corrected chi connectivity index (χ1v) is 6.03. The van der Waals surface area contributed by atoms with Crippen LogP contribution in [0, 0.1) is 5.92 Å². The molecule has 0 heterocycles. The van der Waals surface area contributed by atoms with Crippen molar-refractivity contribution in [2.45, 2.75) is 22.5 Å². The average Bonchev–Trinajstić information content (AvgIpc) is 2.53. The third-order valence-electron chi connectivity index (χ3n) is 3.39. The molecule has 2 unspecified atom stereocenters. The lowest BCUT2D eigenvalue weighted by molar-refractivity contribution is 0.702. The van der Waals surface area contributed by atoms with Crippen molar-refractivity contribution in [3.05, 3.63) is 35.9 Å². The van der Waals surface area contributed by atoms with Crippen molar-refractivity contribution >= 4 is 31.9 Å². The van der Waals surface area contributed by atoms with E-state index in [-0.39, 0.29) is 8.65 Å². The Balaban J connectivity index is 2.40. The van der Waals surface area contributed by atoms with Crippen LogP contribution in [0.3, 0.4) is 0 Å². The van der Waals surface area contributed by atoms with E-state index in [0.29, 0.717) is 5.92 Å². The summed E-state index contributed by atoms with van der Waals surface area (Å²) in [6, 6.07) is 10.6. The topological polar surface area (TPSA) is 0 Å². The van der Waals surface area contributed by atoms with Gasteiger partial charge in [-0.2, -0.15) is 0 Å². The second kappa shape index (κ2) is 2.83. The van der Waals surface area contributed by atoms with Gasteiger partial charge in [0.25, 0.3) is 0 Å². The SMILES string of the molecule is CC1C(Br)(Br)C1(C)c1ccccc1. The molecule has 2 heteroatoms. The fourth-order valence-electron chi connectivity index (χ4n) is 1.96. The minimum Gasteiger partial charge on any atom is -0.0714 e. The van der Waals surface area contributed by atoms with Crippen LogP contribution in [-0.4, -0.2) is 3.23 Å². The van der Waals surface area contributed by atoms with Gasteiger partial charge in [0, 0.05) is 5.41 Å². The molecule has 2 rings (SSSR count). The van der Waals surface area contributed by atoms with Crippen LogP contribution < -0.4 is 0 Å². The van der Waals surface area contributed by atoms with Gasteiger partial charge in [-0.3, -0.25) is 0 Å². The minimum atomic E-state index is 0.0916. The standard InChI is InChI=1S/C11H12Br2/c1-8-10(2,11(8,12)13)9-6-4-3-5-7-9/h3-8H,1-2H3. The Morgan fingerprint density at radius 2 is 1.62 bits per heavy atom. The molecule has 0 N–H and O–H groups in total. The van der Waals surface area contributed by atoms with Crippen LogP contribution in [0.2, 0.25) is 0 Å². The maximum Gasteiger partial charge on any atom is 0.0936 e. The molecule has 1 aromatic rings. The Bertz CT molecular complexity index is 318. The van der Waals surface area contributed by atoms with Gasteiger partial charge in [-0.05, 0) is 11.5 Å². The van der Waals surface area contributed by atoms with Crippen molar-refractivity contribution in [1.29, 1.82) is 0 Å². The van der Waals surface area contributed by atoms with Crippen LogP contribution in [-0.2, 0) is 5.41 Å². The summed E-state index contributed by atoms with van der Waals surface area (Å²) in [5, 5.41) is 0. The third-order valence-corrected chi connectivity index (χ3v) is 6.41. The molecule has 1 saturated carbocycles. The van der Waals surface area contributed by atoms with E-state index < -0.39 is 0 Å².